The van der Waals surface area contributed by atoms with Crippen molar-refractivity contribution >= 4 is 34.5 Å². The number of carbonyl (C=O) groups is 1. The highest BCUT2D eigenvalue weighted by Gasteiger charge is 2.82. The first-order valence-corrected chi connectivity index (χ1v) is 12.9. The molecule has 1 aliphatic carbocycles. The smallest absolute Gasteiger partial charge is 0.351 e. The van der Waals surface area contributed by atoms with Crippen molar-refractivity contribution in [2.75, 3.05) is 31.6 Å². The molecule has 2 aromatic heterocycles. The van der Waals surface area contributed by atoms with E-state index in [2.05, 4.69) is 15.4 Å². The van der Waals surface area contributed by atoms with Crippen molar-refractivity contribution in [2.45, 2.75) is 49.7 Å². The molecule has 1 saturated carbocycles. The number of nitrogens with one attached hydrogen (secondary N) is 1. The highest BCUT2D eigenvalue weighted by atomic mass is 35.5. The molecule has 3 aliphatic rings. The van der Waals surface area contributed by atoms with E-state index in [1.165, 1.54) is 48.4 Å². The Morgan fingerprint density at radius 1 is 1.18 bits per heavy atom. The molecule has 39 heavy (non-hydrogen) atoms. The van der Waals surface area contributed by atoms with E-state index in [1.54, 1.807) is 0 Å². The summed E-state index contributed by atoms with van der Waals surface area (Å²) >= 11 is 5.96. The molecule has 0 spiro atoms. The lowest BCUT2D eigenvalue weighted by atomic mass is 9.87. The maximum Gasteiger partial charge on any atom is 0.401 e. The average Bonchev–Trinajstić information content (AvgIpc) is 3.32. The van der Waals surface area contributed by atoms with E-state index in [9.17, 15) is 18.0 Å². The molecule has 3 aromatic rings. The van der Waals surface area contributed by atoms with Gasteiger partial charge in [-0.3, -0.25) is 4.79 Å². The van der Waals surface area contributed by atoms with Gasteiger partial charge < -0.3 is 15.1 Å². The van der Waals surface area contributed by atoms with Crippen LogP contribution in [0.2, 0.25) is 5.15 Å². The third-order valence-corrected chi connectivity index (χ3v) is 8.82. The van der Waals surface area contributed by atoms with Crippen LogP contribution in [0.5, 0.6) is 0 Å². The van der Waals surface area contributed by atoms with Crippen LogP contribution in [0.15, 0.2) is 36.5 Å². The maximum atomic E-state index is 15.1. The summed E-state index contributed by atoms with van der Waals surface area (Å²) in [5.74, 6) is -5.28. The molecule has 13 heteroatoms. The Balaban J connectivity index is 1.31. The summed E-state index contributed by atoms with van der Waals surface area (Å²) in [5, 5.41) is 6.81. The number of alkyl halides is 5. The van der Waals surface area contributed by atoms with Crippen LogP contribution in [0.4, 0.5) is 33.3 Å². The fourth-order valence-corrected chi connectivity index (χ4v) is 6.31. The molecular weight excluding hydrogens is 543 g/mol. The third-order valence-electron chi connectivity index (χ3n) is 8.63. The van der Waals surface area contributed by atoms with Crippen LogP contribution in [-0.4, -0.2) is 70.2 Å². The molecule has 4 heterocycles. The van der Waals surface area contributed by atoms with Gasteiger partial charge in [0.15, 0.2) is 10.8 Å². The van der Waals surface area contributed by atoms with Gasteiger partial charge in [-0.2, -0.15) is 18.3 Å². The predicted octanol–water partition coefficient (Wildman–Crippen LogP) is 4.91. The zero-order chi connectivity index (χ0) is 28.1. The number of hydrogen-bond donors (Lipinski definition) is 1. The van der Waals surface area contributed by atoms with E-state index in [-0.39, 0.29) is 33.8 Å². The molecule has 0 radical (unpaired) electrons. The average molecular weight is 569 g/mol. The molecule has 0 bridgehead atoms. The van der Waals surface area contributed by atoms with E-state index in [1.807, 2.05) is 11.9 Å². The lowest BCUT2D eigenvalue weighted by molar-refractivity contribution is -0.181. The standard InChI is InChI=1S/C26H26ClF5N6O/c1-23(26(30,31)32)13-37(17-11-33-19-10-18(27)35-38(19)21(17)23)16-6-4-14(5-7-16)20-24(2,25(20,28)29)22(39)34-15-8-9-36(3)12-15/h4-7,10-11,15,20H,8-9,12-13H2,1-3H3,(H,34,39)/t15?,20-,23-,24+/m1/s1. The number of aromatic nitrogens is 3. The van der Waals surface area contributed by atoms with Gasteiger partial charge >= 0.3 is 6.18 Å². The van der Waals surface area contributed by atoms with Gasteiger partial charge in [0.2, 0.25) is 5.91 Å². The van der Waals surface area contributed by atoms with Crippen LogP contribution in [0.1, 0.15) is 37.4 Å². The normalized spacial score (nSPS) is 30.1. The highest BCUT2D eigenvalue weighted by Crippen LogP contribution is 2.71. The van der Waals surface area contributed by atoms with Crippen LogP contribution < -0.4 is 10.2 Å². The Kier molecular flexibility index (Phi) is 5.56. The first-order chi connectivity index (χ1) is 18.2. The van der Waals surface area contributed by atoms with Crippen LogP contribution in [0.25, 0.3) is 5.65 Å². The predicted molar refractivity (Wildman–Crippen MR) is 135 cm³/mol. The van der Waals surface area contributed by atoms with Crippen molar-refractivity contribution in [3.63, 3.8) is 0 Å². The number of anilines is 2. The lowest BCUT2D eigenvalue weighted by Gasteiger charge is -2.28. The molecule has 1 aromatic carbocycles. The zero-order valence-corrected chi connectivity index (χ0v) is 22.1. The van der Waals surface area contributed by atoms with Gasteiger partial charge in [-0.05, 0) is 51.6 Å². The van der Waals surface area contributed by atoms with Crippen LogP contribution in [0.3, 0.4) is 0 Å². The molecule has 2 fully saturated rings. The van der Waals surface area contributed by atoms with Gasteiger partial charge in [-0.25, -0.2) is 18.3 Å². The molecule has 1 unspecified atom stereocenters. The van der Waals surface area contributed by atoms with Gasteiger partial charge in [0, 0.05) is 30.9 Å². The molecule has 2 aliphatic heterocycles. The number of rotatable bonds is 4. The lowest BCUT2D eigenvalue weighted by Crippen LogP contribution is -2.43. The largest absolute Gasteiger partial charge is 0.401 e. The second-order valence-electron chi connectivity index (χ2n) is 11.2. The highest BCUT2D eigenvalue weighted by molar-refractivity contribution is 6.29. The monoisotopic (exact) mass is 568 g/mol. The van der Waals surface area contributed by atoms with Gasteiger partial charge in [-0.15, -0.1) is 0 Å². The molecule has 7 nitrogen and oxygen atoms in total. The summed E-state index contributed by atoms with van der Waals surface area (Å²) in [7, 11) is 1.91. The molecule has 1 N–H and O–H groups in total. The fraction of sp³-hybridized carbons (Fsp3) is 0.500. The molecule has 1 saturated heterocycles. The minimum Gasteiger partial charge on any atom is -0.351 e. The fourth-order valence-electron chi connectivity index (χ4n) is 6.13. The number of benzene rings is 1. The summed E-state index contributed by atoms with van der Waals surface area (Å²) in [4.78, 5) is 20.6. The van der Waals surface area contributed by atoms with Crippen LogP contribution >= 0.6 is 11.6 Å². The van der Waals surface area contributed by atoms with Crippen molar-refractivity contribution in [3.8, 4) is 0 Å². The second-order valence-corrected chi connectivity index (χ2v) is 11.6. The van der Waals surface area contributed by atoms with E-state index in [4.69, 9.17) is 11.6 Å². The van der Waals surface area contributed by atoms with E-state index in [0.717, 1.165) is 18.0 Å². The summed E-state index contributed by atoms with van der Waals surface area (Å²) in [5.41, 5.74) is -3.31. The zero-order valence-electron chi connectivity index (χ0n) is 21.4. The summed E-state index contributed by atoms with van der Waals surface area (Å²) in [6.07, 6.45) is -2.59. The number of amides is 1. The van der Waals surface area contributed by atoms with E-state index >= 15 is 8.78 Å². The van der Waals surface area contributed by atoms with Crippen LogP contribution in [-0.2, 0) is 10.2 Å². The Morgan fingerprint density at radius 3 is 2.49 bits per heavy atom. The molecule has 4 atom stereocenters. The Bertz CT molecular complexity index is 1480. The SMILES string of the molecule is CN1CCC(NC(=O)[C@]2(C)[C@@H](c3ccc(N4C[C@@](C)(C(F)(F)F)c5c4cnc4cc(Cl)nn54)cc3)C2(F)F)C1. The Morgan fingerprint density at radius 2 is 1.87 bits per heavy atom. The molecular formula is C26H26ClF5N6O. The molecule has 208 valence electrons. The Labute approximate surface area is 225 Å². The summed E-state index contributed by atoms with van der Waals surface area (Å²) in [6.45, 7) is 3.28. The summed E-state index contributed by atoms with van der Waals surface area (Å²) in [6, 6.07) is 7.11. The number of carbonyl (C=O) groups excluding carboxylic acids is 1. The van der Waals surface area contributed by atoms with Gasteiger partial charge in [0.05, 0.1) is 23.5 Å². The first kappa shape index (κ1) is 26.2. The molecule has 6 rings (SSSR count). The van der Waals surface area contributed by atoms with Crippen molar-refractivity contribution in [3.05, 3.63) is 52.9 Å². The number of likely N-dealkylation sites (tertiary alicyclic amines) is 1. The number of likely N-dealkylation sites (N-methyl/N-ethyl adjacent to an activating group) is 1. The topological polar surface area (TPSA) is 65.8 Å². The van der Waals surface area contributed by atoms with Crippen molar-refractivity contribution < 1.29 is 26.7 Å². The van der Waals surface area contributed by atoms with Crippen LogP contribution in [0, 0.1) is 5.41 Å². The van der Waals surface area contributed by atoms with E-state index in [0.29, 0.717) is 18.7 Å². The molecule has 1 amide bonds. The summed E-state index contributed by atoms with van der Waals surface area (Å²) < 4.78 is 74.4. The number of hydrogen-bond acceptors (Lipinski definition) is 5. The number of nitrogens with zero attached hydrogens (tertiary/aromatic N) is 5. The maximum absolute atomic E-state index is 15.1. The second kappa shape index (κ2) is 8.26. The Hall–Kier alpha value is -2.99. The number of halogens is 6. The van der Waals surface area contributed by atoms with Gasteiger partial charge in [0.1, 0.15) is 10.8 Å². The minimum atomic E-state index is -4.62. The minimum absolute atomic E-state index is 0.0145. The van der Waals surface area contributed by atoms with Crippen molar-refractivity contribution in [2.24, 2.45) is 5.41 Å². The van der Waals surface area contributed by atoms with Gasteiger partial charge in [0.25, 0.3) is 5.92 Å². The van der Waals surface area contributed by atoms with Crippen molar-refractivity contribution in [1.82, 2.24) is 24.8 Å². The van der Waals surface area contributed by atoms with Gasteiger partial charge in [-0.1, -0.05) is 23.7 Å². The van der Waals surface area contributed by atoms with Crippen molar-refractivity contribution in [1.29, 1.82) is 0 Å². The number of fused-ring (bicyclic) bond motifs is 3. The third kappa shape index (κ3) is 3.67. The first-order valence-electron chi connectivity index (χ1n) is 12.5. The quantitative estimate of drug-likeness (QED) is 0.453. The van der Waals surface area contributed by atoms with E-state index < -0.39 is 41.3 Å².